The Hall–Kier alpha value is -0.910. The van der Waals surface area contributed by atoms with Crippen molar-refractivity contribution in [3.05, 3.63) is 29.8 Å². The Labute approximate surface area is 123 Å². The van der Waals surface area contributed by atoms with Crippen LogP contribution in [0.1, 0.15) is 33.3 Å². The number of nitrogens with one attached hydrogen (secondary N) is 1. The zero-order valence-electron chi connectivity index (χ0n) is 13.1. The molecule has 20 heavy (non-hydrogen) atoms. The van der Waals surface area contributed by atoms with Crippen LogP contribution in [0.5, 0.6) is 0 Å². The molecule has 0 heterocycles. The summed E-state index contributed by atoms with van der Waals surface area (Å²) in [5.74, 6) is 0. The van der Waals surface area contributed by atoms with E-state index in [9.17, 15) is 8.42 Å². The van der Waals surface area contributed by atoms with Gasteiger partial charge in [0.25, 0.3) is 0 Å². The van der Waals surface area contributed by atoms with Crippen molar-refractivity contribution in [2.24, 2.45) is 5.41 Å². The van der Waals surface area contributed by atoms with Gasteiger partial charge in [-0.1, -0.05) is 45.9 Å². The average Bonchev–Trinajstić information content (AvgIpc) is 2.34. The van der Waals surface area contributed by atoms with E-state index < -0.39 is 10.0 Å². The smallest absolute Gasteiger partial charge is 0.243 e. The molecule has 0 aliphatic rings. The third kappa shape index (κ3) is 4.58. The number of sulfonamides is 1. The van der Waals surface area contributed by atoms with E-state index in [-0.39, 0.29) is 5.41 Å². The summed E-state index contributed by atoms with van der Waals surface area (Å²) in [5.41, 5.74) is 0.744. The second-order valence-electron chi connectivity index (χ2n) is 6.21. The van der Waals surface area contributed by atoms with Crippen molar-refractivity contribution in [2.45, 2.75) is 39.1 Å². The molecule has 0 atom stereocenters. The molecule has 0 saturated carbocycles. The van der Waals surface area contributed by atoms with Crippen molar-refractivity contribution in [2.75, 3.05) is 20.1 Å². The lowest BCUT2D eigenvalue weighted by atomic mass is 9.97. The van der Waals surface area contributed by atoms with Gasteiger partial charge in [0.05, 0.1) is 4.90 Å². The summed E-state index contributed by atoms with van der Waals surface area (Å²) in [4.78, 5) is 0.396. The average molecular weight is 298 g/mol. The summed E-state index contributed by atoms with van der Waals surface area (Å²) in [6.45, 7) is 9.96. The highest BCUT2D eigenvalue weighted by Crippen LogP contribution is 2.23. The highest BCUT2D eigenvalue weighted by Gasteiger charge is 2.26. The van der Waals surface area contributed by atoms with Crippen molar-refractivity contribution < 1.29 is 8.42 Å². The quantitative estimate of drug-likeness (QED) is 0.877. The molecule has 4 nitrogen and oxygen atoms in total. The van der Waals surface area contributed by atoms with Crippen LogP contribution >= 0.6 is 0 Å². The molecule has 0 bridgehead atoms. The van der Waals surface area contributed by atoms with Crippen LogP contribution in [-0.2, 0) is 16.6 Å². The lowest BCUT2D eigenvalue weighted by molar-refractivity contribution is 0.310. The topological polar surface area (TPSA) is 49.4 Å². The minimum atomic E-state index is -3.44. The molecule has 1 aromatic rings. The molecule has 0 aromatic heterocycles. The van der Waals surface area contributed by atoms with Crippen molar-refractivity contribution >= 4 is 10.0 Å². The van der Waals surface area contributed by atoms with E-state index in [0.29, 0.717) is 18.0 Å². The van der Waals surface area contributed by atoms with E-state index in [4.69, 9.17) is 0 Å². The van der Waals surface area contributed by atoms with Gasteiger partial charge >= 0.3 is 0 Å². The predicted octanol–water partition coefficient (Wildman–Crippen LogP) is 2.46. The fourth-order valence-electron chi connectivity index (χ4n) is 2.08. The number of nitrogens with zero attached hydrogens (tertiary/aromatic N) is 1. The molecule has 5 heteroatoms. The number of hydrogen-bond donors (Lipinski definition) is 1. The van der Waals surface area contributed by atoms with Gasteiger partial charge in [0.15, 0.2) is 0 Å². The first kappa shape index (κ1) is 17.1. The van der Waals surface area contributed by atoms with E-state index >= 15 is 0 Å². The first-order valence-corrected chi connectivity index (χ1v) is 8.37. The van der Waals surface area contributed by atoms with Gasteiger partial charge in [-0.2, -0.15) is 0 Å². The van der Waals surface area contributed by atoms with Gasteiger partial charge in [0, 0.05) is 20.1 Å². The van der Waals surface area contributed by atoms with Gasteiger partial charge in [-0.15, -0.1) is 0 Å². The summed E-state index contributed by atoms with van der Waals surface area (Å²) in [5, 5.41) is 3.18. The number of benzene rings is 1. The molecule has 1 aromatic carbocycles. The van der Waals surface area contributed by atoms with Crippen LogP contribution in [0.2, 0.25) is 0 Å². The van der Waals surface area contributed by atoms with E-state index in [2.05, 4.69) is 5.32 Å². The summed E-state index contributed by atoms with van der Waals surface area (Å²) in [6.07, 6.45) is 0. The number of hydrogen-bond acceptors (Lipinski definition) is 3. The summed E-state index contributed by atoms with van der Waals surface area (Å²) in [7, 11) is -1.80. The molecule has 0 aliphatic heterocycles. The Bertz CT molecular complexity index is 533. The monoisotopic (exact) mass is 298 g/mol. The Morgan fingerprint density at radius 2 is 1.80 bits per heavy atom. The van der Waals surface area contributed by atoms with Gasteiger partial charge in [-0.25, -0.2) is 12.7 Å². The molecule has 0 saturated heterocycles. The fraction of sp³-hybridized carbons (Fsp3) is 0.600. The molecule has 114 valence electrons. The molecular formula is C15H26N2O2S. The van der Waals surface area contributed by atoms with Crippen LogP contribution in [0.25, 0.3) is 0 Å². The lowest BCUT2D eigenvalue weighted by Gasteiger charge is -2.26. The van der Waals surface area contributed by atoms with Crippen LogP contribution < -0.4 is 5.32 Å². The molecule has 0 unspecified atom stereocenters. The Morgan fingerprint density at radius 1 is 1.20 bits per heavy atom. The fourth-order valence-corrected chi connectivity index (χ4v) is 3.70. The van der Waals surface area contributed by atoms with Gasteiger partial charge in [-0.3, -0.25) is 0 Å². The van der Waals surface area contributed by atoms with E-state index in [1.165, 1.54) is 4.31 Å². The van der Waals surface area contributed by atoms with Gasteiger partial charge in [-0.05, 0) is 23.6 Å². The second-order valence-corrected chi connectivity index (χ2v) is 8.22. The molecule has 0 amide bonds. The first-order chi connectivity index (χ1) is 9.18. The van der Waals surface area contributed by atoms with Gasteiger partial charge < -0.3 is 5.32 Å². The zero-order valence-corrected chi connectivity index (χ0v) is 13.9. The Morgan fingerprint density at radius 3 is 2.35 bits per heavy atom. The van der Waals surface area contributed by atoms with Crippen LogP contribution in [0.4, 0.5) is 0 Å². The Balaban J connectivity index is 3.09. The molecule has 0 aliphatic carbocycles. The van der Waals surface area contributed by atoms with Crippen molar-refractivity contribution in [3.8, 4) is 0 Å². The van der Waals surface area contributed by atoms with Crippen LogP contribution in [0, 0.1) is 5.41 Å². The third-order valence-corrected chi connectivity index (χ3v) is 4.83. The first-order valence-electron chi connectivity index (χ1n) is 6.93. The van der Waals surface area contributed by atoms with Crippen molar-refractivity contribution in [1.82, 2.24) is 9.62 Å². The summed E-state index contributed by atoms with van der Waals surface area (Å²) >= 11 is 0. The SMILES string of the molecule is CCNCc1ccccc1S(=O)(=O)N(C)CC(C)(C)C. The molecule has 1 N–H and O–H groups in total. The maximum atomic E-state index is 12.7. The minimum absolute atomic E-state index is 0.0710. The minimum Gasteiger partial charge on any atom is -0.313 e. The van der Waals surface area contributed by atoms with Gasteiger partial charge in [0.1, 0.15) is 0 Å². The highest BCUT2D eigenvalue weighted by molar-refractivity contribution is 7.89. The molecule has 0 radical (unpaired) electrons. The third-order valence-electron chi connectivity index (χ3n) is 2.92. The molecular weight excluding hydrogens is 272 g/mol. The largest absolute Gasteiger partial charge is 0.313 e. The summed E-state index contributed by atoms with van der Waals surface area (Å²) < 4.78 is 26.8. The molecule has 1 rings (SSSR count). The van der Waals surface area contributed by atoms with Crippen LogP contribution in [0.15, 0.2) is 29.2 Å². The highest BCUT2D eigenvalue weighted by atomic mass is 32.2. The second kappa shape index (κ2) is 6.70. The van der Waals surface area contributed by atoms with Crippen molar-refractivity contribution in [1.29, 1.82) is 0 Å². The summed E-state index contributed by atoms with van der Waals surface area (Å²) in [6, 6.07) is 7.18. The zero-order chi connectivity index (χ0) is 15.4. The van der Waals surface area contributed by atoms with E-state index in [1.807, 2.05) is 39.8 Å². The maximum Gasteiger partial charge on any atom is 0.243 e. The van der Waals surface area contributed by atoms with E-state index in [1.54, 1.807) is 19.2 Å². The van der Waals surface area contributed by atoms with Crippen LogP contribution in [0.3, 0.4) is 0 Å². The number of rotatable bonds is 6. The van der Waals surface area contributed by atoms with Crippen LogP contribution in [-0.4, -0.2) is 32.9 Å². The van der Waals surface area contributed by atoms with Gasteiger partial charge in [0.2, 0.25) is 10.0 Å². The van der Waals surface area contributed by atoms with E-state index in [0.717, 1.165) is 12.1 Å². The standard InChI is InChI=1S/C15H26N2O2S/c1-6-16-11-13-9-7-8-10-14(13)20(18,19)17(5)12-15(2,3)4/h7-10,16H,6,11-12H2,1-5H3. The van der Waals surface area contributed by atoms with Crippen molar-refractivity contribution in [3.63, 3.8) is 0 Å². The maximum absolute atomic E-state index is 12.7. The molecule has 0 fully saturated rings. The predicted molar refractivity (Wildman–Crippen MR) is 83.1 cm³/mol. The Kier molecular flexibility index (Phi) is 5.74. The molecule has 0 spiro atoms. The normalized spacial score (nSPS) is 12.9. The lowest BCUT2D eigenvalue weighted by Crippen LogP contribution is -2.35.